The number of anilines is 2. The van der Waals surface area contributed by atoms with E-state index in [2.05, 4.69) is 48.3 Å². The topological polar surface area (TPSA) is 49.8 Å². The van der Waals surface area contributed by atoms with E-state index in [9.17, 15) is 0 Å². The van der Waals surface area contributed by atoms with Crippen molar-refractivity contribution >= 4 is 11.6 Å². The predicted octanol–water partition coefficient (Wildman–Crippen LogP) is 3.24. The maximum atomic E-state index is 4.62. The second-order valence-electron chi connectivity index (χ2n) is 5.54. The predicted molar refractivity (Wildman–Crippen MR) is 80.7 cm³/mol. The summed E-state index contributed by atoms with van der Waals surface area (Å²) in [4.78, 5) is 9.18. The van der Waals surface area contributed by atoms with Crippen molar-refractivity contribution in [1.29, 1.82) is 0 Å². The zero-order valence-electron chi connectivity index (χ0n) is 12.6. The molecule has 1 fully saturated rings. The quantitative estimate of drug-likeness (QED) is 0.792. The summed E-state index contributed by atoms with van der Waals surface area (Å²) in [5, 5.41) is 6.84. The highest BCUT2D eigenvalue weighted by Crippen LogP contribution is 2.36. The first-order valence-electron chi connectivity index (χ1n) is 7.50. The van der Waals surface area contributed by atoms with Crippen LogP contribution in [-0.2, 0) is 6.42 Å². The van der Waals surface area contributed by atoms with Crippen LogP contribution in [0.15, 0.2) is 0 Å². The first kappa shape index (κ1) is 14.1. The van der Waals surface area contributed by atoms with Crippen molar-refractivity contribution in [2.75, 3.05) is 23.7 Å². The van der Waals surface area contributed by atoms with Gasteiger partial charge in [-0.3, -0.25) is 0 Å². The zero-order valence-corrected chi connectivity index (χ0v) is 12.6. The summed E-state index contributed by atoms with van der Waals surface area (Å²) in [6.07, 6.45) is 3.66. The molecule has 19 heavy (non-hydrogen) atoms. The van der Waals surface area contributed by atoms with Gasteiger partial charge in [0.05, 0.1) is 0 Å². The molecule has 0 radical (unpaired) electrons. The zero-order chi connectivity index (χ0) is 13.8. The van der Waals surface area contributed by atoms with E-state index in [-0.39, 0.29) is 0 Å². The van der Waals surface area contributed by atoms with Crippen molar-refractivity contribution in [2.24, 2.45) is 11.8 Å². The van der Waals surface area contributed by atoms with Crippen LogP contribution >= 0.6 is 0 Å². The summed E-state index contributed by atoms with van der Waals surface area (Å²) in [5.74, 6) is 4.53. The summed E-state index contributed by atoms with van der Waals surface area (Å²) in [6.45, 7) is 10.5. The highest BCUT2D eigenvalue weighted by molar-refractivity contribution is 5.57. The molecule has 1 aromatic rings. The molecule has 0 aliphatic heterocycles. The molecular weight excluding hydrogens is 236 g/mol. The SMILES string of the molecule is CCNc1nc(CC)nc(NCC(C)C2CC2)c1C. The van der Waals surface area contributed by atoms with Crippen LogP contribution in [0, 0.1) is 18.8 Å². The Morgan fingerprint density at radius 2 is 1.79 bits per heavy atom. The summed E-state index contributed by atoms with van der Waals surface area (Å²) >= 11 is 0. The third-order valence-electron chi connectivity index (χ3n) is 3.87. The van der Waals surface area contributed by atoms with E-state index in [1.807, 2.05) is 0 Å². The summed E-state index contributed by atoms with van der Waals surface area (Å²) in [6, 6.07) is 0. The molecular formula is C15H26N4. The normalized spacial score (nSPS) is 16.2. The van der Waals surface area contributed by atoms with E-state index in [0.717, 1.165) is 54.4 Å². The van der Waals surface area contributed by atoms with Gasteiger partial charge in [0.1, 0.15) is 17.5 Å². The van der Waals surface area contributed by atoms with Crippen molar-refractivity contribution in [1.82, 2.24) is 9.97 Å². The second-order valence-corrected chi connectivity index (χ2v) is 5.54. The van der Waals surface area contributed by atoms with Gasteiger partial charge in [-0.05, 0) is 38.5 Å². The average molecular weight is 262 g/mol. The molecule has 1 atom stereocenters. The largest absolute Gasteiger partial charge is 0.370 e. The molecule has 0 amide bonds. The molecule has 2 rings (SSSR count). The van der Waals surface area contributed by atoms with Gasteiger partial charge in [0.15, 0.2) is 0 Å². The van der Waals surface area contributed by atoms with Crippen molar-refractivity contribution in [3.63, 3.8) is 0 Å². The Labute approximate surface area is 116 Å². The van der Waals surface area contributed by atoms with Crippen molar-refractivity contribution in [3.8, 4) is 0 Å². The standard InChI is InChI=1S/C15H26N4/c1-5-13-18-14(16-6-2)11(4)15(19-13)17-9-10(3)12-7-8-12/h10,12H,5-9H2,1-4H3,(H2,16,17,18,19). The third kappa shape index (κ3) is 3.58. The van der Waals surface area contributed by atoms with E-state index in [0.29, 0.717) is 0 Å². The Morgan fingerprint density at radius 3 is 2.32 bits per heavy atom. The van der Waals surface area contributed by atoms with Crippen molar-refractivity contribution in [3.05, 3.63) is 11.4 Å². The lowest BCUT2D eigenvalue weighted by molar-refractivity contribution is 0.535. The van der Waals surface area contributed by atoms with Gasteiger partial charge in [-0.2, -0.15) is 0 Å². The molecule has 0 bridgehead atoms. The van der Waals surface area contributed by atoms with Crippen LogP contribution < -0.4 is 10.6 Å². The number of aryl methyl sites for hydroxylation is 1. The van der Waals surface area contributed by atoms with E-state index in [1.54, 1.807) is 0 Å². The average Bonchev–Trinajstić information content (AvgIpc) is 3.24. The van der Waals surface area contributed by atoms with Gasteiger partial charge < -0.3 is 10.6 Å². The monoisotopic (exact) mass is 262 g/mol. The van der Waals surface area contributed by atoms with Gasteiger partial charge in [-0.15, -0.1) is 0 Å². The minimum absolute atomic E-state index is 0.738. The lowest BCUT2D eigenvalue weighted by atomic mass is 10.1. The van der Waals surface area contributed by atoms with Gasteiger partial charge in [-0.1, -0.05) is 13.8 Å². The molecule has 0 saturated heterocycles. The Bertz CT molecular complexity index is 426. The van der Waals surface area contributed by atoms with E-state index in [4.69, 9.17) is 0 Å². The molecule has 4 nitrogen and oxygen atoms in total. The molecule has 0 spiro atoms. The molecule has 1 aliphatic carbocycles. The van der Waals surface area contributed by atoms with Crippen LogP contribution in [0.2, 0.25) is 0 Å². The lowest BCUT2D eigenvalue weighted by Gasteiger charge is -2.16. The van der Waals surface area contributed by atoms with Crippen LogP contribution in [0.4, 0.5) is 11.6 Å². The number of hydrogen-bond acceptors (Lipinski definition) is 4. The molecule has 1 unspecified atom stereocenters. The summed E-state index contributed by atoms with van der Waals surface area (Å²) in [7, 11) is 0. The minimum Gasteiger partial charge on any atom is -0.370 e. The number of rotatable bonds is 7. The molecule has 2 N–H and O–H groups in total. The second kappa shape index (κ2) is 6.22. The van der Waals surface area contributed by atoms with Crippen LogP contribution in [-0.4, -0.2) is 23.1 Å². The van der Waals surface area contributed by atoms with Crippen molar-refractivity contribution < 1.29 is 0 Å². The van der Waals surface area contributed by atoms with Crippen LogP contribution in [0.3, 0.4) is 0 Å². The first-order chi connectivity index (χ1) is 9.15. The third-order valence-corrected chi connectivity index (χ3v) is 3.87. The van der Waals surface area contributed by atoms with Gasteiger partial charge in [0.25, 0.3) is 0 Å². The fourth-order valence-electron chi connectivity index (χ4n) is 2.32. The van der Waals surface area contributed by atoms with E-state index < -0.39 is 0 Å². The highest BCUT2D eigenvalue weighted by Gasteiger charge is 2.27. The number of hydrogen-bond donors (Lipinski definition) is 2. The smallest absolute Gasteiger partial charge is 0.134 e. The maximum absolute atomic E-state index is 4.62. The Kier molecular flexibility index (Phi) is 4.61. The fraction of sp³-hybridized carbons (Fsp3) is 0.733. The first-order valence-corrected chi connectivity index (χ1v) is 7.50. The Hall–Kier alpha value is -1.32. The van der Waals surface area contributed by atoms with Gasteiger partial charge in [0, 0.05) is 25.1 Å². The van der Waals surface area contributed by atoms with Crippen LogP contribution in [0.1, 0.15) is 45.0 Å². The fourth-order valence-corrected chi connectivity index (χ4v) is 2.32. The lowest BCUT2D eigenvalue weighted by Crippen LogP contribution is -2.16. The minimum atomic E-state index is 0.738. The molecule has 4 heteroatoms. The molecule has 1 aromatic heterocycles. The van der Waals surface area contributed by atoms with Crippen LogP contribution in [0.5, 0.6) is 0 Å². The number of nitrogens with one attached hydrogen (secondary N) is 2. The number of nitrogens with zero attached hydrogens (tertiary/aromatic N) is 2. The van der Waals surface area contributed by atoms with Gasteiger partial charge in [-0.25, -0.2) is 9.97 Å². The molecule has 106 valence electrons. The molecule has 1 saturated carbocycles. The van der Waals surface area contributed by atoms with Crippen LogP contribution in [0.25, 0.3) is 0 Å². The Morgan fingerprint density at radius 1 is 1.16 bits per heavy atom. The van der Waals surface area contributed by atoms with Gasteiger partial charge >= 0.3 is 0 Å². The molecule has 1 aliphatic rings. The molecule has 0 aromatic carbocycles. The van der Waals surface area contributed by atoms with E-state index >= 15 is 0 Å². The van der Waals surface area contributed by atoms with Crippen molar-refractivity contribution in [2.45, 2.75) is 47.0 Å². The highest BCUT2D eigenvalue weighted by atomic mass is 15.1. The molecule has 1 heterocycles. The summed E-state index contributed by atoms with van der Waals surface area (Å²) in [5.41, 5.74) is 1.13. The number of aromatic nitrogens is 2. The Balaban J connectivity index is 2.10. The van der Waals surface area contributed by atoms with Gasteiger partial charge in [0.2, 0.25) is 0 Å². The summed E-state index contributed by atoms with van der Waals surface area (Å²) < 4.78 is 0. The van der Waals surface area contributed by atoms with E-state index in [1.165, 1.54) is 12.8 Å². The maximum Gasteiger partial charge on any atom is 0.134 e.